The lowest BCUT2D eigenvalue weighted by atomic mass is 9.55. The molecule has 10 heteroatoms. The number of anilines is 1. The molecule has 1 fully saturated rings. The summed E-state index contributed by atoms with van der Waals surface area (Å²) in [6.07, 6.45) is 0. The van der Waals surface area contributed by atoms with Crippen LogP contribution in [0.5, 0.6) is 0 Å². The highest BCUT2D eigenvalue weighted by Crippen LogP contribution is 2.61. The zero-order valence-corrected chi connectivity index (χ0v) is 23.8. The molecule has 8 rings (SSSR count). The van der Waals surface area contributed by atoms with Crippen molar-refractivity contribution in [1.29, 1.82) is 0 Å². The molecule has 4 amide bonds. The summed E-state index contributed by atoms with van der Waals surface area (Å²) < 4.78 is 5.13. The zero-order valence-electron chi connectivity index (χ0n) is 23.0. The van der Waals surface area contributed by atoms with Crippen LogP contribution in [0.15, 0.2) is 97.1 Å². The van der Waals surface area contributed by atoms with E-state index in [2.05, 4.69) is 10.9 Å². The van der Waals surface area contributed by atoms with E-state index in [-0.39, 0.29) is 45.5 Å². The molecule has 1 aliphatic heterocycles. The Morgan fingerprint density at radius 2 is 1.25 bits per heavy atom. The van der Waals surface area contributed by atoms with Gasteiger partial charge in [-0.3, -0.25) is 30.0 Å². The number of hydrogen-bond donors (Lipinski definition) is 2. The van der Waals surface area contributed by atoms with Crippen LogP contribution in [0, 0.1) is 11.8 Å². The Morgan fingerprint density at radius 1 is 0.705 bits per heavy atom. The SMILES string of the molecule is O=C(COC(=O)c1cccc(N2C(=O)[C@@H]3C4c5ccccc5C(c5ccccc54)[C@H]3C2=O)c1)NNC(=O)c1ccccc1Cl. The van der Waals surface area contributed by atoms with Crippen molar-refractivity contribution in [3.63, 3.8) is 0 Å². The number of amides is 4. The van der Waals surface area contributed by atoms with Gasteiger partial charge in [-0.2, -0.15) is 0 Å². The Hall–Kier alpha value is -5.28. The fourth-order valence-electron chi connectivity index (χ4n) is 6.79. The minimum absolute atomic E-state index is 0.0559. The second kappa shape index (κ2) is 10.8. The summed E-state index contributed by atoms with van der Waals surface area (Å²) in [5.74, 6) is -4.48. The van der Waals surface area contributed by atoms with Crippen molar-refractivity contribution in [1.82, 2.24) is 10.9 Å². The maximum atomic E-state index is 14.0. The third-order valence-corrected chi connectivity index (χ3v) is 8.89. The van der Waals surface area contributed by atoms with Crippen LogP contribution >= 0.6 is 11.6 Å². The third kappa shape index (κ3) is 4.36. The second-order valence-corrected chi connectivity index (χ2v) is 11.3. The number of carbonyl (C=O) groups excluding carboxylic acids is 5. The quantitative estimate of drug-likeness (QED) is 0.198. The molecule has 0 saturated carbocycles. The van der Waals surface area contributed by atoms with Gasteiger partial charge in [-0.05, 0) is 52.6 Å². The van der Waals surface area contributed by atoms with Crippen LogP contribution in [0.2, 0.25) is 5.02 Å². The van der Waals surface area contributed by atoms with Crippen molar-refractivity contribution in [2.24, 2.45) is 11.8 Å². The average Bonchev–Trinajstić information content (AvgIpc) is 3.32. The van der Waals surface area contributed by atoms with E-state index < -0.39 is 36.2 Å². The Bertz CT molecular complexity index is 1770. The first-order valence-electron chi connectivity index (χ1n) is 14.0. The lowest BCUT2D eigenvalue weighted by Gasteiger charge is -2.45. The standard InChI is InChI=1S/C34H24ClN3O6/c35-25-15-6-5-14-24(25)31(40)37-36-26(39)17-44-34(43)18-8-7-9-19(16-18)38-32(41)29-27-20-10-1-2-11-21(20)28(30(29)33(38)42)23-13-4-3-12-22(23)27/h1-16,27-30H,17H2,(H,36,39)(H,37,40)/t27?,28?,29-,30-/m1/s1. The van der Waals surface area contributed by atoms with E-state index in [1.807, 2.05) is 48.5 Å². The lowest BCUT2D eigenvalue weighted by Crippen LogP contribution is -2.43. The zero-order chi connectivity index (χ0) is 30.5. The highest BCUT2D eigenvalue weighted by Gasteiger charge is 2.61. The molecule has 2 atom stereocenters. The minimum Gasteiger partial charge on any atom is -0.452 e. The van der Waals surface area contributed by atoms with Crippen LogP contribution < -0.4 is 15.8 Å². The number of hydrazine groups is 1. The van der Waals surface area contributed by atoms with E-state index in [4.69, 9.17) is 16.3 Å². The number of rotatable bonds is 5. The highest BCUT2D eigenvalue weighted by molar-refractivity contribution is 6.33. The molecule has 0 radical (unpaired) electrons. The molecule has 1 saturated heterocycles. The van der Waals surface area contributed by atoms with Crippen LogP contribution in [0.3, 0.4) is 0 Å². The van der Waals surface area contributed by atoms with Crippen LogP contribution in [0.1, 0.15) is 54.8 Å². The number of nitrogens with one attached hydrogen (secondary N) is 2. The van der Waals surface area contributed by atoms with Gasteiger partial charge in [0, 0.05) is 11.8 Å². The van der Waals surface area contributed by atoms with E-state index in [1.54, 1.807) is 24.3 Å². The minimum atomic E-state index is -0.837. The molecule has 4 aromatic carbocycles. The summed E-state index contributed by atoms with van der Waals surface area (Å²) in [7, 11) is 0. The van der Waals surface area contributed by atoms with Crippen LogP contribution in [-0.2, 0) is 19.1 Å². The molecular formula is C34H24ClN3O6. The van der Waals surface area contributed by atoms with E-state index in [0.717, 1.165) is 22.3 Å². The van der Waals surface area contributed by atoms with Gasteiger partial charge < -0.3 is 4.74 Å². The molecule has 0 spiro atoms. The van der Waals surface area contributed by atoms with Crippen molar-refractivity contribution in [3.05, 3.63) is 135 Å². The lowest BCUT2D eigenvalue weighted by molar-refractivity contribution is -0.125. The molecule has 2 N–H and O–H groups in total. The van der Waals surface area contributed by atoms with Gasteiger partial charge in [0.1, 0.15) is 0 Å². The molecule has 9 nitrogen and oxygen atoms in total. The van der Waals surface area contributed by atoms with Gasteiger partial charge in [0.05, 0.1) is 33.7 Å². The fourth-order valence-corrected chi connectivity index (χ4v) is 7.02. The van der Waals surface area contributed by atoms with Gasteiger partial charge in [0.25, 0.3) is 11.8 Å². The van der Waals surface area contributed by atoms with E-state index >= 15 is 0 Å². The molecule has 1 heterocycles. The first-order valence-corrected chi connectivity index (χ1v) is 14.4. The molecule has 2 bridgehead atoms. The number of ether oxygens (including phenoxy) is 1. The number of imide groups is 1. The van der Waals surface area contributed by atoms with Crippen molar-refractivity contribution in [2.45, 2.75) is 11.8 Å². The first kappa shape index (κ1) is 27.5. The van der Waals surface area contributed by atoms with Crippen molar-refractivity contribution in [2.75, 3.05) is 11.5 Å². The maximum absolute atomic E-state index is 14.0. The number of nitrogens with zero attached hydrogens (tertiary/aromatic N) is 1. The molecule has 0 unspecified atom stereocenters. The molecular weight excluding hydrogens is 582 g/mol. The second-order valence-electron chi connectivity index (χ2n) is 10.9. The van der Waals surface area contributed by atoms with Gasteiger partial charge in [-0.15, -0.1) is 0 Å². The summed E-state index contributed by atoms with van der Waals surface area (Å²) in [6.45, 7) is -0.683. The number of hydrogen-bond acceptors (Lipinski definition) is 6. The summed E-state index contributed by atoms with van der Waals surface area (Å²) in [6, 6.07) is 28.3. The van der Waals surface area contributed by atoms with E-state index in [9.17, 15) is 24.0 Å². The Kier molecular flexibility index (Phi) is 6.74. The molecule has 4 aliphatic rings. The topological polar surface area (TPSA) is 122 Å². The summed E-state index contributed by atoms with van der Waals surface area (Å²) in [4.78, 5) is 66.5. The van der Waals surface area contributed by atoms with E-state index in [0.29, 0.717) is 0 Å². The molecule has 44 heavy (non-hydrogen) atoms. The third-order valence-electron chi connectivity index (χ3n) is 8.56. The van der Waals surface area contributed by atoms with Gasteiger partial charge in [-0.25, -0.2) is 9.69 Å². The number of halogens is 1. The van der Waals surface area contributed by atoms with Crippen molar-refractivity contribution in [3.8, 4) is 0 Å². The molecule has 0 aromatic heterocycles. The van der Waals surface area contributed by atoms with Crippen molar-refractivity contribution >= 4 is 46.9 Å². The van der Waals surface area contributed by atoms with Crippen molar-refractivity contribution < 1.29 is 28.7 Å². The molecule has 218 valence electrons. The van der Waals surface area contributed by atoms with E-state index in [1.165, 1.54) is 29.2 Å². The van der Waals surface area contributed by atoms with Gasteiger partial charge in [0.15, 0.2) is 6.61 Å². The monoisotopic (exact) mass is 605 g/mol. The number of esters is 1. The van der Waals surface area contributed by atoms with Crippen LogP contribution in [-0.4, -0.2) is 36.2 Å². The predicted molar refractivity (Wildman–Crippen MR) is 160 cm³/mol. The maximum Gasteiger partial charge on any atom is 0.338 e. The Morgan fingerprint density at radius 3 is 1.82 bits per heavy atom. The average molecular weight is 606 g/mol. The van der Waals surface area contributed by atoms with Gasteiger partial charge in [-0.1, -0.05) is 78.3 Å². The number of benzene rings is 4. The Labute approximate surface area is 256 Å². The molecule has 4 aromatic rings. The molecule has 3 aliphatic carbocycles. The smallest absolute Gasteiger partial charge is 0.338 e. The Balaban J connectivity index is 1.07. The summed E-state index contributed by atoms with van der Waals surface area (Å²) >= 11 is 5.99. The van der Waals surface area contributed by atoms with Gasteiger partial charge in [0.2, 0.25) is 11.8 Å². The fraction of sp³-hybridized carbons (Fsp3) is 0.147. The van der Waals surface area contributed by atoms with Crippen LogP contribution in [0.25, 0.3) is 0 Å². The largest absolute Gasteiger partial charge is 0.452 e. The predicted octanol–water partition coefficient (Wildman–Crippen LogP) is 4.35. The number of carbonyl (C=O) groups is 5. The summed E-state index contributed by atoms with van der Waals surface area (Å²) in [5, 5.41) is 0.210. The highest BCUT2D eigenvalue weighted by atomic mass is 35.5. The van der Waals surface area contributed by atoms with Crippen LogP contribution in [0.4, 0.5) is 5.69 Å². The summed E-state index contributed by atoms with van der Waals surface area (Å²) in [5.41, 5.74) is 9.13. The first-order chi connectivity index (χ1) is 21.3. The normalized spacial score (nSPS) is 20.8. The van der Waals surface area contributed by atoms with Gasteiger partial charge >= 0.3 is 5.97 Å².